The summed E-state index contributed by atoms with van der Waals surface area (Å²) in [6, 6.07) is 3.45. The Morgan fingerprint density at radius 1 is 1.47 bits per heavy atom. The van der Waals surface area contributed by atoms with E-state index in [1.165, 1.54) is 6.26 Å². The molecule has 0 radical (unpaired) electrons. The first-order valence-corrected chi connectivity index (χ1v) is 4.38. The summed E-state index contributed by atoms with van der Waals surface area (Å²) in [6.07, 6.45) is 3.14. The molecule has 1 N–H and O–H groups in total. The molecule has 0 fully saturated rings. The maximum absolute atomic E-state index is 4.97. The molecule has 15 heavy (non-hydrogen) atoms. The number of hydrogen-bond acceptors (Lipinski definition) is 6. The van der Waals surface area contributed by atoms with Crippen LogP contribution >= 0.6 is 0 Å². The first kappa shape index (κ1) is 9.45. The Balaban J connectivity index is 1.98. The predicted octanol–water partition coefficient (Wildman–Crippen LogP) is 1.09. The predicted molar refractivity (Wildman–Crippen MR) is 52.4 cm³/mol. The van der Waals surface area contributed by atoms with E-state index in [4.69, 9.17) is 9.26 Å². The van der Waals surface area contributed by atoms with Crippen LogP contribution in [-0.2, 0) is 6.54 Å². The molecule has 2 heterocycles. The molecular weight excluding hydrogens is 196 g/mol. The fraction of sp³-hybridized carbons (Fsp3) is 0.222. The second-order valence-corrected chi connectivity index (χ2v) is 2.77. The summed E-state index contributed by atoms with van der Waals surface area (Å²) in [4.78, 5) is 8.11. The number of aromatic nitrogens is 3. The zero-order chi connectivity index (χ0) is 10.5. The monoisotopic (exact) mass is 206 g/mol. The summed E-state index contributed by atoms with van der Waals surface area (Å²) in [6.45, 7) is 0.518. The third-order valence-electron chi connectivity index (χ3n) is 1.76. The molecule has 0 aliphatic carbocycles. The van der Waals surface area contributed by atoms with Crippen molar-refractivity contribution in [2.24, 2.45) is 0 Å². The highest BCUT2D eigenvalue weighted by atomic mass is 16.5. The standard InChI is InChI=1S/C9H10N4O2/c1-14-8-2-4-10-9(12-8)11-6-7-3-5-15-13-7/h2-5H,6H2,1H3,(H,10,11,12). The van der Waals surface area contributed by atoms with Gasteiger partial charge in [-0.2, -0.15) is 4.98 Å². The molecule has 0 aliphatic rings. The van der Waals surface area contributed by atoms with Crippen LogP contribution in [-0.4, -0.2) is 22.2 Å². The Morgan fingerprint density at radius 2 is 2.40 bits per heavy atom. The van der Waals surface area contributed by atoms with Crippen LogP contribution in [0.4, 0.5) is 5.95 Å². The number of methoxy groups -OCH3 is 1. The molecular formula is C9H10N4O2. The lowest BCUT2D eigenvalue weighted by atomic mass is 10.4. The van der Waals surface area contributed by atoms with Gasteiger partial charge in [-0.15, -0.1) is 0 Å². The van der Waals surface area contributed by atoms with E-state index >= 15 is 0 Å². The maximum atomic E-state index is 4.97. The number of nitrogens with zero attached hydrogens (tertiary/aromatic N) is 3. The summed E-state index contributed by atoms with van der Waals surface area (Å²) in [5.41, 5.74) is 0.793. The van der Waals surface area contributed by atoms with E-state index < -0.39 is 0 Å². The van der Waals surface area contributed by atoms with Crippen LogP contribution in [0.15, 0.2) is 29.1 Å². The second-order valence-electron chi connectivity index (χ2n) is 2.77. The largest absolute Gasteiger partial charge is 0.481 e. The summed E-state index contributed by atoms with van der Waals surface area (Å²) in [5, 5.41) is 6.75. The Bertz CT molecular complexity index is 416. The molecule has 2 aromatic heterocycles. The van der Waals surface area contributed by atoms with Crippen LogP contribution in [0.1, 0.15) is 5.69 Å². The molecule has 2 aromatic rings. The number of hydrogen-bond donors (Lipinski definition) is 1. The first-order chi connectivity index (χ1) is 7.38. The van der Waals surface area contributed by atoms with Crippen molar-refractivity contribution < 1.29 is 9.26 Å². The van der Waals surface area contributed by atoms with E-state index in [9.17, 15) is 0 Å². The minimum Gasteiger partial charge on any atom is -0.481 e. The molecule has 6 heteroatoms. The third kappa shape index (κ3) is 2.43. The molecule has 6 nitrogen and oxygen atoms in total. The number of ether oxygens (including phenoxy) is 1. The van der Waals surface area contributed by atoms with E-state index in [2.05, 4.69) is 20.4 Å². The van der Waals surface area contributed by atoms with Gasteiger partial charge in [-0.25, -0.2) is 4.98 Å². The van der Waals surface area contributed by atoms with Crippen molar-refractivity contribution in [1.82, 2.24) is 15.1 Å². The van der Waals surface area contributed by atoms with Crippen molar-refractivity contribution in [3.8, 4) is 5.88 Å². The van der Waals surface area contributed by atoms with E-state index in [0.29, 0.717) is 18.4 Å². The Labute approximate surface area is 86.3 Å². The summed E-state index contributed by atoms with van der Waals surface area (Å²) < 4.78 is 9.66. The van der Waals surface area contributed by atoms with Crippen LogP contribution in [0.25, 0.3) is 0 Å². The zero-order valence-corrected chi connectivity index (χ0v) is 8.17. The average molecular weight is 206 g/mol. The minimum atomic E-state index is 0.498. The van der Waals surface area contributed by atoms with Crippen LogP contribution in [0.5, 0.6) is 5.88 Å². The molecule has 2 rings (SSSR count). The van der Waals surface area contributed by atoms with Gasteiger partial charge >= 0.3 is 0 Å². The fourth-order valence-electron chi connectivity index (χ4n) is 1.04. The van der Waals surface area contributed by atoms with Crippen molar-refractivity contribution in [2.45, 2.75) is 6.54 Å². The van der Waals surface area contributed by atoms with Crippen LogP contribution in [0, 0.1) is 0 Å². The highest BCUT2D eigenvalue weighted by Crippen LogP contribution is 2.08. The van der Waals surface area contributed by atoms with Crippen molar-refractivity contribution in [3.63, 3.8) is 0 Å². The van der Waals surface area contributed by atoms with Gasteiger partial charge in [-0.1, -0.05) is 5.16 Å². The minimum absolute atomic E-state index is 0.498. The van der Waals surface area contributed by atoms with Gasteiger partial charge < -0.3 is 14.6 Å². The van der Waals surface area contributed by atoms with Crippen molar-refractivity contribution in [1.29, 1.82) is 0 Å². The van der Waals surface area contributed by atoms with Gasteiger partial charge in [0.2, 0.25) is 11.8 Å². The van der Waals surface area contributed by atoms with Gasteiger partial charge in [0.15, 0.2) is 0 Å². The lowest BCUT2D eigenvalue weighted by Crippen LogP contribution is -2.04. The van der Waals surface area contributed by atoms with Crippen molar-refractivity contribution >= 4 is 5.95 Å². The molecule has 78 valence electrons. The van der Waals surface area contributed by atoms with Crippen LogP contribution in [0.2, 0.25) is 0 Å². The molecule has 0 unspecified atom stereocenters. The van der Waals surface area contributed by atoms with Gasteiger partial charge in [-0.3, -0.25) is 0 Å². The number of anilines is 1. The van der Waals surface area contributed by atoms with Crippen LogP contribution in [0.3, 0.4) is 0 Å². The number of nitrogens with one attached hydrogen (secondary N) is 1. The third-order valence-corrected chi connectivity index (χ3v) is 1.76. The van der Waals surface area contributed by atoms with Gasteiger partial charge in [0.05, 0.1) is 13.7 Å². The topological polar surface area (TPSA) is 73.1 Å². The molecule has 0 spiro atoms. The fourth-order valence-corrected chi connectivity index (χ4v) is 1.04. The Kier molecular flexibility index (Phi) is 2.77. The molecule has 0 aromatic carbocycles. The van der Waals surface area contributed by atoms with E-state index in [1.54, 1.807) is 25.4 Å². The lowest BCUT2D eigenvalue weighted by molar-refractivity contribution is 0.397. The summed E-state index contributed by atoms with van der Waals surface area (Å²) >= 11 is 0. The molecule has 0 amide bonds. The summed E-state index contributed by atoms with van der Waals surface area (Å²) in [7, 11) is 1.56. The average Bonchev–Trinajstić information content (AvgIpc) is 2.79. The van der Waals surface area contributed by atoms with E-state index in [-0.39, 0.29) is 0 Å². The lowest BCUT2D eigenvalue weighted by Gasteiger charge is -2.03. The smallest absolute Gasteiger partial charge is 0.226 e. The second kappa shape index (κ2) is 4.41. The highest BCUT2D eigenvalue weighted by Gasteiger charge is 2.00. The van der Waals surface area contributed by atoms with E-state index in [1.807, 2.05) is 0 Å². The van der Waals surface area contributed by atoms with Gasteiger partial charge in [0.1, 0.15) is 12.0 Å². The quantitative estimate of drug-likeness (QED) is 0.807. The van der Waals surface area contributed by atoms with Gasteiger partial charge in [-0.05, 0) is 0 Å². The molecule has 0 atom stereocenters. The van der Waals surface area contributed by atoms with Gasteiger partial charge in [0, 0.05) is 18.3 Å². The Morgan fingerprint density at radius 3 is 3.13 bits per heavy atom. The molecule has 0 aliphatic heterocycles. The van der Waals surface area contributed by atoms with E-state index in [0.717, 1.165) is 5.69 Å². The number of rotatable bonds is 4. The van der Waals surface area contributed by atoms with Crippen LogP contribution < -0.4 is 10.1 Å². The summed E-state index contributed by atoms with van der Waals surface area (Å²) in [5.74, 6) is 1.02. The maximum Gasteiger partial charge on any atom is 0.226 e. The SMILES string of the molecule is COc1ccnc(NCc2ccon2)n1. The van der Waals surface area contributed by atoms with Crippen molar-refractivity contribution in [3.05, 3.63) is 30.3 Å². The first-order valence-electron chi connectivity index (χ1n) is 4.38. The Hall–Kier alpha value is -2.11. The normalized spacial score (nSPS) is 9.93. The molecule has 0 bridgehead atoms. The van der Waals surface area contributed by atoms with Gasteiger partial charge in [0.25, 0.3) is 0 Å². The molecule has 0 saturated carbocycles. The highest BCUT2D eigenvalue weighted by molar-refractivity contribution is 5.27. The molecule has 0 saturated heterocycles. The van der Waals surface area contributed by atoms with Crippen molar-refractivity contribution in [2.75, 3.05) is 12.4 Å². The zero-order valence-electron chi connectivity index (χ0n) is 8.17.